The summed E-state index contributed by atoms with van der Waals surface area (Å²) < 4.78 is 7.88. The van der Waals surface area contributed by atoms with E-state index in [2.05, 4.69) is 43.8 Å². The van der Waals surface area contributed by atoms with Crippen LogP contribution in [0.4, 0.5) is 0 Å². The summed E-state index contributed by atoms with van der Waals surface area (Å²) in [6, 6.07) is 24.8. The first-order chi connectivity index (χ1) is 18.0. The number of hydrogen-bond acceptors (Lipinski definition) is 3. The second-order valence-corrected chi connectivity index (χ2v) is 11.6. The molecule has 3 aromatic carbocycles. The monoisotopic (exact) mass is 674 g/mol. The van der Waals surface area contributed by atoms with Crippen molar-refractivity contribution in [2.75, 3.05) is 6.61 Å². The van der Waals surface area contributed by atoms with Gasteiger partial charge in [0.25, 0.3) is 5.91 Å². The lowest BCUT2D eigenvalue weighted by Crippen LogP contribution is -2.53. The molecule has 1 atom stereocenters. The van der Waals surface area contributed by atoms with Crippen LogP contribution in [0, 0.1) is 3.57 Å². The van der Waals surface area contributed by atoms with Crippen LogP contribution in [0.3, 0.4) is 0 Å². The van der Waals surface area contributed by atoms with Gasteiger partial charge in [-0.2, -0.15) is 0 Å². The highest BCUT2D eigenvalue weighted by Crippen LogP contribution is 2.21. The van der Waals surface area contributed by atoms with Crippen LogP contribution in [0.25, 0.3) is 0 Å². The maximum Gasteiger partial charge on any atom is 0.261 e. The molecule has 0 saturated heterocycles. The Morgan fingerprint density at radius 3 is 2.35 bits per heavy atom. The minimum absolute atomic E-state index is 0.103. The topological polar surface area (TPSA) is 58.6 Å². The predicted molar refractivity (Wildman–Crippen MR) is 158 cm³/mol. The van der Waals surface area contributed by atoms with Crippen molar-refractivity contribution in [2.45, 2.75) is 57.2 Å². The molecule has 0 heterocycles. The van der Waals surface area contributed by atoms with E-state index in [9.17, 15) is 9.59 Å². The average Bonchev–Trinajstić information content (AvgIpc) is 2.91. The number of carbonyl (C=O) groups is 2. The molecule has 1 N–H and O–H groups in total. The maximum atomic E-state index is 13.8. The van der Waals surface area contributed by atoms with Gasteiger partial charge in [-0.15, -0.1) is 0 Å². The van der Waals surface area contributed by atoms with E-state index in [1.54, 1.807) is 4.90 Å². The molecule has 0 bridgehead atoms. The fourth-order valence-corrected chi connectivity index (χ4v) is 5.50. The number of hydrogen-bond donors (Lipinski definition) is 1. The number of nitrogens with one attached hydrogen (secondary N) is 1. The highest BCUT2D eigenvalue weighted by molar-refractivity contribution is 14.1. The summed E-state index contributed by atoms with van der Waals surface area (Å²) in [6.45, 7) is 0.167. The maximum absolute atomic E-state index is 13.8. The molecule has 0 radical (unpaired) electrons. The van der Waals surface area contributed by atoms with Gasteiger partial charge in [0.15, 0.2) is 6.61 Å². The number of carbonyl (C=O) groups excluding carboxylic acids is 2. The average molecular weight is 675 g/mol. The normalized spacial score (nSPS) is 14.5. The molecule has 3 aromatic rings. The van der Waals surface area contributed by atoms with Gasteiger partial charge < -0.3 is 15.0 Å². The molecular weight excluding hydrogens is 643 g/mol. The zero-order valence-electron chi connectivity index (χ0n) is 20.7. The summed E-state index contributed by atoms with van der Waals surface area (Å²) in [5.41, 5.74) is 1.96. The molecule has 4 rings (SSSR count). The molecule has 0 aliphatic heterocycles. The number of nitrogens with zero attached hydrogens (tertiary/aromatic N) is 1. The smallest absolute Gasteiger partial charge is 0.261 e. The fraction of sp³-hybridized carbons (Fsp3) is 0.333. The zero-order valence-corrected chi connectivity index (χ0v) is 24.5. The Morgan fingerprint density at radius 1 is 0.946 bits per heavy atom. The van der Waals surface area contributed by atoms with E-state index in [-0.39, 0.29) is 24.5 Å². The van der Waals surface area contributed by atoms with E-state index in [0.29, 0.717) is 18.7 Å². The molecule has 194 valence electrons. The van der Waals surface area contributed by atoms with Crippen LogP contribution in [0.15, 0.2) is 83.3 Å². The highest BCUT2D eigenvalue weighted by Gasteiger charge is 2.32. The Hall–Kier alpha value is -2.39. The van der Waals surface area contributed by atoms with Crippen molar-refractivity contribution in [1.29, 1.82) is 0 Å². The first kappa shape index (κ1) is 27.6. The predicted octanol–water partition coefficient (Wildman–Crippen LogP) is 6.52. The van der Waals surface area contributed by atoms with Crippen LogP contribution in [-0.2, 0) is 22.6 Å². The molecule has 37 heavy (non-hydrogen) atoms. The van der Waals surface area contributed by atoms with Gasteiger partial charge in [0.1, 0.15) is 11.8 Å². The van der Waals surface area contributed by atoms with Gasteiger partial charge in [-0.05, 0) is 83.0 Å². The van der Waals surface area contributed by atoms with E-state index in [0.717, 1.165) is 44.9 Å². The Bertz CT molecular complexity index is 1170. The zero-order chi connectivity index (χ0) is 26.0. The Morgan fingerprint density at radius 2 is 1.65 bits per heavy atom. The Labute approximate surface area is 241 Å². The third kappa shape index (κ3) is 8.57. The second kappa shape index (κ2) is 14.0. The molecule has 0 spiro atoms. The lowest BCUT2D eigenvalue weighted by molar-refractivity contribution is -0.143. The summed E-state index contributed by atoms with van der Waals surface area (Å²) in [7, 11) is 0. The van der Waals surface area contributed by atoms with Crippen LogP contribution in [0.5, 0.6) is 5.75 Å². The number of rotatable bonds is 10. The van der Waals surface area contributed by atoms with Crippen molar-refractivity contribution in [3.05, 3.63) is 98.0 Å². The van der Waals surface area contributed by atoms with Crippen molar-refractivity contribution >= 4 is 50.3 Å². The summed E-state index contributed by atoms with van der Waals surface area (Å²) >= 11 is 5.77. The van der Waals surface area contributed by atoms with E-state index in [4.69, 9.17) is 4.74 Å². The van der Waals surface area contributed by atoms with E-state index in [1.807, 2.05) is 78.9 Å². The van der Waals surface area contributed by atoms with Gasteiger partial charge in [0, 0.05) is 27.1 Å². The minimum Gasteiger partial charge on any atom is -0.484 e. The second-order valence-electron chi connectivity index (χ2n) is 9.44. The molecule has 0 aromatic heterocycles. The molecule has 1 fully saturated rings. The molecule has 5 nitrogen and oxygen atoms in total. The van der Waals surface area contributed by atoms with E-state index in [1.165, 1.54) is 6.42 Å². The lowest BCUT2D eigenvalue weighted by atomic mass is 9.94. The van der Waals surface area contributed by atoms with Crippen molar-refractivity contribution < 1.29 is 14.3 Å². The van der Waals surface area contributed by atoms with Gasteiger partial charge in [-0.3, -0.25) is 9.59 Å². The lowest BCUT2D eigenvalue weighted by Gasteiger charge is -2.33. The van der Waals surface area contributed by atoms with Crippen LogP contribution in [0.1, 0.15) is 43.2 Å². The molecule has 1 aliphatic carbocycles. The number of ether oxygens (including phenoxy) is 1. The largest absolute Gasteiger partial charge is 0.484 e. The first-order valence-corrected chi connectivity index (χ1v) is 14.6. The van der Waals surface area contributed by atoms with Crippen molar-refractivity contribution in [3.8, 4) is 5.75 Å². The van der Waals surface area contributed by atoms with E-state index >= 15 is 0 Å². The van der Waals surface area contributed by atoms with E-state index < -0.39 is 6.04 Å². The van der Waals surface area contributed by atoms with Crippen LogP contribution >= 0.6 is 38.5 Å². The van der Waals surface area contributed by atoms with Gasteiger partial charge >= 0.3 is 0 Å². The standard InChI is InChI=1S/C30H32BrIN2O3/c31-24-11-7-10-23(18-24)20-34(29(35)21-37-27-16-14-25(32)15-17-27)28(19-22-8-3-1-4-9-22)30(36)33-26-12-5-2-6-13-26/h1,3-4,7-11,14-18,26,28H,2,5-6,12-13,19-21H2,(H,33,36). The molecule has 1 saturated carbocycles. The molecule has 2 amide bonds. The van der Waals surface area contributed by atoms with Gasteiger partial charge in [0.2, 0.25) is 5.91 Å². The minimum atomic E-state index is -0.656. The molecule has 7 heteroatoms. The van der Waals surface area contributed by atoms with Crippen molar-refractivity contribution in [3.63, 3.8) is 0 Å². The number of halogens is 2. The number of benzene rings is 3. The van der Waals surface area contributed by atoms with Gasteiger partial charge in [-0.25, -0.2) is 0 Å². The number of amides is 2. The Kier molecular flexibility index (Phi) is 10.4. The fourth-order valence-electron chi connectivity index (χ4n) is 4.69. The summed E-state index contributed by atoms with van der Waals surface area (Å²) in [4.78, 5) is 29.2. The van der Waals surface area contributed by atoms with Gasteiger partial charge in [-0.1, -0.05) is 77.7 Å². The SMILES string of the molecule is O=C(NC1CCCCC1)C(Cc1ccccc1)N(Cc1cccc(Br)c1)C(=O)COc1ccc(I)cc1. The summed E-state index contributed by atoms with van der Waals surface area (Å²) in [6.07, 6.45) is 5.86. The summed E-state index contributed by atoms with van der Waals surface area (Å²) in [5.74, 6) is 0.300. The van der Waals surface area contributed by atoms with Crippen molar-refractivity contribution in [2.24, 2.45) is 0 Å². The molecule has 1 unspecified atom stereocenters. The van der Waals surface area contributed by atoms with Crippen molar-refractivity contribution in [1.82, 2.24) is 10.2 Å². The third-order valence-corrected chi connectivity index (χ3v) is 7.85. The summed E-state index contributed by atoms with van der Waals surface area (Å²) in [5, 5.41) is 3.27. The third-order valence-electron chi connectivity index (χ3n) is 6.64. The molecule has 1 aliphatic rings. The van der Waals surface area contributed by atoms with Crippen LogP contribution in [-0.4, -0.2) is 35.4 Å². The first-order valence-electron chi connectivity index (χ1n) is 12.7. The highest BCUT2D eigenvalue weighted by atomic mass is 127. The van der Waals surface area contributed by atoms with Crippen LogP contribution in [0.2, 0.25) is 0 Å². The Balaban J connectivity index is 1.60. The van der Waals surface area contributed by atoms with Crippen LogP contribution < -0.4 is 10.1 Å². The molecular formula is C30H32BrIN2O3. The van der Waals surface area contributed by atoms with Gasteiger partial charge in [0.05, 0.1) is 0 Å². The quantitative estimate of drug-likeness (QED) is 0.249.